The second-order valence-corrected chi connectivity index (χ2v) is 5.15. The van der Waals surface area contributed by atoms with Crippen molar-refractivity contribution in [2.24, 2.45) is 0 Å². The second kappa shape index (κ2) is 5.73. The van der Waals surface area contributed by atoms with Gasteiger partial charge in [0, 0.05) is 25.2 Å². The van der Waals surface area contributed by atoms with Gasteiger partial charge < -0.3 is 4.74 Å². The Morgan fingerprint density at radius 1 is 1.45 bits per heavy atom. The number of morpholine rings is 1. The van der Waals surface area contributed by atoms with Crippen molar-refractivity contribution in [1.29, 1.82) is 0 Å². The maximum absolute atomic E-state index is 13.8. The summed E-state index contributed by atoms with van der Waals surface area (Å²) in [5.74, 6) is -0.197. The maximum atomic E-state index is 13.8. The highest BCUT2D eigenvalue weighted by Gasteiger charge is 2.24. The number of ether oxygens (including phenoxy) is 1. The van der Waals surface area contributed by atoms with Gasteiger partial charge in [-0.1, -0.05) is 18.2 Å². The van der Waals surface area contributed by atoms with E-state index >= 15 is 0 Å². The monoisotopic (exact) mass is 275 g/mol. The molecule has 5 heteroatoms. The second-order valence-electron chi connectivity index (χ2n) is 5.15. The first-order chi connectivity index (χ1) is 9.74. The van der Waals surface area contributed by atoms with Crippen LogP contribution < -0.4 is 0 Å². The summed E-state index contributed by atoms with van der Waals surface area (Å²) in [7, 11) is 0. The van der Waals surface area contributed by atoms with Crippen LogP contribution in [0.15, 0.2) is 30.5 Å². The van der Waals surface area contributed by atoms with Gasteiger partial charge in [-0.05, 0) is 18.6 Å². The molecular formula is C15H18FN3O. The van der Waals surface area contributed by atoms with Gasteiger partial charge in [-0.15, -0.1) is 0 Å². The molecule has 1 aliphatic heterocycles. The van der Waals surface area contributed by atoms with E-state index in [0.29, 0.717) is 18.7 Å². The maximum Gasteiger partial charge on any atom is 0.129 e. The van der Waals surface area contributed by atoms with Gasteiger partial charge in [0.05, 0.1) is 24.6 Å². The molecule has 2 aromatic rings. The number of nitrogens with zero attached hydrogens (tertiary/aromatic N) is 2. The van der Waals surface area contributed by atoms with Crippen LogP contribution in [0.3, 0.4) is 0 Å². The molecule has 1 aromatic carbocycles. The van der Waals surface area contributed by atoms with Gasteiger partial charge in [-0.25, -0.2) is 4.39 Å². The topological polar surface area (TPSA) is 41.2 Å². The Bertz CT molecular complexity index is 584. The molecule has 1 saturated heterocycles. The van der Waals surface area contributed by atoms with E-state index in [4.69, 9.17) is 4.74 Å². The van der Waals surface area contributed by atoms with E-state index in [0.717, 1.165) is 24.3 Å². The fraction of sp³-hybridized carbons (Fsp3) is 0.400. The summed E-state index contributed by atoms with van der Waals surface area (Å²) in [5.41, 5.74) is 2.90. The highest BCUT2D eigenvalue weighted by Crippen LogP contribution is 2.25. The van der Waals surface area contributed by atoms with E-state index in [1.54, 1.807) is 12.1 Å². The van der Waals surface area contributed by atoms with E-state index in [-0.39, 0.29) is 11.9 Å². The largest absolute Gasteiger partial charge is 0.371 e. The summed E-state index contributed by atoms with van der Waals surface area (Å²) in [6.07, 6.45) is 1.62. The van der Waals surface area contributed by atoms with E-state index in [2.05, 4.69) is 15.1 Å². The van der Waals surface area contributed by atoms with Gasteiger partial charge in [0.25, 0.3) is 0 Å². The van der Waals surface area contributed by atoms with Gasteiger partial charge in [0.2, 0.25) is 0 Å². The third kappa shape index (κ3) is 2.73. The predicted octanol–water partition coefficient (Wildman–Crippen LogP) is 2.43. The van der Waals surface area contributed by atoms with E-state index in [1.807, 2.05) is 19.2 Å². The fourth-order valence-corrected chi connectivity index (χ4v) is 2.53. The minimum atomic E-state index is -0.201. The SMILES string of the molecule is Cc1cn[nH]c1CN1CCOC(c2ccccc2F)C1. The molecule has 0 amide bonds. The molecule has 1 aliphatic rings. The first-order valence-corrected chi connectivity index (χ1v) is 6.81. The summed E-state index contributed by atoms with van der Waals surface area (Å²) >= 11 is 0. The summed E-state index contributed by atoms with van der Waals surface area (Å²) in [6, 6.07) is 6.83. The molecule has 1 atom stereocenters. The van der Waals surface area contributed by atoms with Crippen molar-refractivity contribution >= 4 is 0 Å². The zero-order valence-electron chi connectivity index (χ0n) is 11.5. The molecule has 0 aliphatic carbocycles. The summed E-state index contributed by atoms with van der Waals surface area (Å²) < 4.78 is 19.5. The average Bonchev–Trinajstić information content (AvgIpc) is 2.85. The Hall–Kier alpha value is -1.72. The third-order valence-electron chi connectivity index (χ3n) is 3.72. The highest BCUT2D eigenvalue weighted by atomic mass is 19.1. The summed E-state index contributed by atoms with van der Waals surface area (Å²) in [6.45, 7) is 4.99. The van der Waals surface area contributed by atoms with Crippen LogP contribution in [0, 0.1) is 12.7 Å². The van der Waals surface area contributed by atoms with Crippen molar-refractivity contribution in [2.45, 2.75) is 19.6 Å². The number of halogens is 1. The zero-order valence-corrected chi connectivity index (χ0v) is 11.5. The number of aryl methyl sites for hydroxylation is 1. The van der Waals surface area contributed by atoms with E-state index in [9.17, 15) is 4.39 Å². The normalized spacial score (nSPS) is 20.2. The smallest absolute Gasteiger partial charge is 0.129 e. The van der Waals surface area contributed by atoms with Crippen LogP contribution in [0.2, 0.25) is 0 Å². The lowest BCUT2D eigenvalue weighted by atomic mass is 10.1. The van der Waals surface area contributed by atoms with Crippen molar-refractivity contribution in [3.8, 4) is 0 Å². The minimum Gasteiger partial charge on any atom is -0.371 e. The van der Waals surface area contributed by atoms with Crippen molar-refractivity contribution in [3.05, 3.63) is 53.1 Å². The summed E-state index contributed by atoms with van der Waals surface area (Å²) in [4.78, 5) is 2.26. The number of hydrogen-bond acceptors (Lipinski definition) is 3. The lowest BCUT2D eigenvalue weighted by Gasteiger charge is -2.33. The molecule has 0 saturated carbocycles. The molecule has 0 radical (unpaired) electrons. The Kier molecular flexibility index (Phi) is 3.80. The fourth-order valence-electron chi connectivity index (χ4n) is 2.53. The lowest BCUT2D eigenvalue weighted by molar-refractivity contribution is -0.0348. The Morgan fingerprint density at radius 2 is 2.30 bits per heavy atom. The minimum absolute atomic E-state index is 0.197. The molecule has 1 unspecified atom stereocenters. The molecule has 20 heavy (non-hydrogen) atoms. The molecule has 0 bridgehead atoms. The molecule has 1 aromatic heterocycles. The molecule has 2 heterocycles. The highest BCUT2D eigenvalue weighted by molar-refractivity contribution is 5.21. The molecule has 1 fully saturated rings. The van der Waals surface area contributed by atoms with Crippen LogP contribution in [0.4, 0.5) is 4.39 Å². The van der Waals surface area contributed by atoms with Gasteiger partial charge in [-0.2, -0.15) is 5.10 Å². The zero-order chi connectivity index (χ0) is 13.9. The molecule has 1 N–H and O–H groups in total. The number of aromatic nitrogens is 2. The Labute approximate surface area is 117 Å². The Morgan fingerprint density at radius 3 is 3.05 bits per heavy atom. The molecular weight excluding hydrogens is 257 g/mol. The van der Waals surface area contributed by atoms with Crippen molar-refractivity contribution in [2.75, 3.05) is 19.7 Å². The van der Waals surface area contributed by atoms with Crippen LogP contribution >= 0.6 is 0 Å². The summed E-state index contributed by atoms with van der Waals surface area (Å²) in [5, 5.41) is 7.05. The van der Waals surface area contributed by atoms with Crippen LogP contribution in [-0.4, -0.2) is 34.8 Å². The van der Waals surface area contributed by atoms with Crippen LogP contribution in [0.1, 0.15) is 22.9 Å². The van der Waals surface area contributed by atoms with E-state index in [1.165, 1.54) is 6.07 Å². The van der Waals surface area contributed by atoms with Gasteiger partial charge in [-0.3, -0.25) is 10.00 Å². The average molecular weight is 275 g/mol. The van der Waals surface area contributed by atoms with Crippen LogP contribution in [-0.2, 0) is 11.3 Å². The first-order valence-electron chi connectivity index (χ1n) is 6.81. The number of nitrogens with one attached hydrogen (secondary N) is 1. The standard InChI is InChI=1S/C15H18FN3O/c1-11-8-17-18-14(11)9-19-6-7-20-15(10-19)12-4-2-3-5-13(12)16/h2-5,8,15H,6-7,9-10H2,1H3,(H,17,18). The van der Waals surface area contributed by atoms with E-state index < -0.39 is 0 Å². The van der Waals surface area contributed by atoms with Gasteiger partial charge in [0.15, 0.2) is 0 Å². The number of hydrogen-bond donors (Lipinski definition) is 1. The number of rotatable bonds is 3. The molecule has 106 valence electrons. The lowest BCUT2D eigenvalue weighted by Crippen LogP contribution is -2.38. The number of H-pyrrole nitrogens is 1. The molecule has 0 spiro atoms. The van der Waals surface area contributed by atoms with Gasteiger partial charge in [0.1, 0.15) is 5.82 Å². The van der Waals surface area contributed by atoms with Crippen LogP contribution in [0.25, 0.3) is 0 Å². The predicted molar refractivity (Wildman–Crippen MR) is 73.7 cm³/mol. The quantitative estimate of drug-likeness (QED) is 0.935. The Balaban J connectivity index is 1.71. The molecule has 4 nitrogen and oxygen atoms in total. The number of aromatic amines is 1. The first kappa shape index (κ1) is 13.3. The van der Waals surface area contributed by atoms with Crippen molar-refractivity contribution in [3.63, 3.8) is 0 Å². The van der Waals surface area contributed by atoms with Crippen molar-refractivity contribution in [1.82, 2.24) is 15.1 Å². The van der Waals surface area contributed by atoms with Crippen molar-refractivity contribution < 1.29 is 9.13 Å². The third-order valence-corrected chi connectivity index (χ3v) is 3.72. The van der Waals surface area contributed by atoms with Gasteiger partial charge >= 0.3 is 0 Å². The molecule has 3 rings (SSSR count). The van der Waals surface area contributed by atoms with Crippen LogP contribution in [0.5, 0.6) is 0 Å². The number of benzene rings is 1.